The van der Waals surface area contributed by atoms with E-state index in [9.17, 15) is 0 Å². The number of rotatable bonds is 5. The third kappa shape index (κ3) is 4.80. The van der Waals surface area contributed by atoms with Gasteiger partial charge in [0, 0.05) is 22.1 Å². The van der Waals surface area contributed by atoms with Gasteiger partial charge < -0.3 is 0 Å². The maximum Gasteiger partial charge on any atom is 0.161 e. The van der Waals surface area contributed by atoms with Gasteiger partial charge in [-0.3, -0.25) is 0 Å². The van der Waals surface area contributed by atoms with E-state index < -0.39 is 0 Å². The molecule has 0 N–H and O–H groups in total. The first-order valence-electron chi connectivity index (χ1n) is 17.9. The molecule has 0 saturated heterocycles. The second-order valence-corrected chi connectivity index (χ2v) is 13.9. The van der Waals surface area contributed by atoms with Gasteiger partial charge in [0.05, 0.1) is 11.4 Å². The summed E-state index contributed by atoms with van der Waals surface area (Å²) in [6.07, 6.45) is 0. The molecule has 0 radical (unpaired) electrons. The molecular weight excluding hydrogens is 629 g/mol. The van der Waals surface area contributed by atoms with Crippen LogP contribution in [-0.4, -0.2) is 9.97 Å². The van der Waals surface area contributed by atoms with Crippen molar-refractivity contribution in [3.8, 4) is 56.2 Å². The van der Waals surface area contributed by atoms with Gasteiger partial charge >= 0.3 is 0 Å². The first-order valence-corrected chi connectivity index (χ1v) is 17.9. The van der Waals surface area contributed by atoms with Crippen molar-refractivity contribution in [2.75, 3.05) is 0 Å². The van der Waals surface area contributed by atoms with Crippen LogP contribution in [0.5, 0.6) is 0 Å². The Bertz CT molecular complexity index is 2800. The van der Waals surface area contributed by atoms with Gasteiger partial charge in [-0.2, -0.15) is 0 Å². The van der Waals surface area contributed by atoms with Crippen molar-refractivity contribution >= 4 is 21.5 Å². The Labute approximate surface area is 303 Å². The highest BCUT2D eigenvalue weighted by Crippen LogP contribution is 2.53. The minimum Gasteiger partial charge on any atom is -0.228 e. The maximum atomic E-state index is 5.27. The highest BCUT2D eigenvalue weighted by atomic mass is 14.9. The quantitative estimate of drug-likeness (QED) is 0.183. The third-order valence-corrected chi connectivity index (χ3v) is 11.0. The van der Waals surface area contributed by atoms with Crippen molar-refractivity contribution in [1.29, 1.82) is 0 Å². The monoisotopic (exact) mass is 662 g/mol. The van der Waals surface area contributed by atoms with Crippen molar-refractivity contribution in [3.63, 3.8) is 0 Å². The average Bonchev–Trinajstić information content (AvgIpc) is 3.48. The molecule has 8 aromatic carbocycles. The molecule has 52 heavy (non-hydrogen) atoms. The summed E-state index contributed by atoms with van der Waals surface area (Å²) in [7, 11) is 0. The zero-order valence-electron chi connectivity index (χ0n) is 28.8. The molecule has 1 aliphatic rings. The standard InChI is InChI=1S/C50H34N2/c1-50(38-18-6-3-7-19-38)45-23-13-12-22-42(45)43-27-26-36(31-46(43)50)39-28-29-44(41-21-11-10-20-40(39)41)49-51-47(34-15-4-2-5-16-34)32-48(52-49)37-25-24-33-14-8-9-17-35(33)30-37/h2-32H,1H3. The zero-order chi connectivity index (χ0) is 34.6. The van der Waals surface area contributed by atoms with Gasteiger partial charge in [0.2, 0.25) is 0 Å². The van der Waals surface area contributed by atoms with Gasteiger partial charge in [-0.1, -0.05) is 164 Å². The molecule has 1 atom stereocenters. The van der Waals surface area contributed by atoms with Gasteiger partial charge in [-0.05, 0) is 91.7 Å². The molecule has 1 aromatic heterocycles. The van der Waals surface area contributed by atoms with Gasteiger partial charge in [-0.15, -0.1) is 0 Å². The second-order valence-electron chi connectivity index (χ2n) is 13.9. The van der Waals surface area contributed by atoms with Crippen LogP contribution in [0.15, 0.2) is 188 Å². The fourth-order valence-electron chi connectivity index (χ4n) is 8.31. The van der Waals surface area contributed by atoms with Crippen LogP contribution in [-0.2, 0) is 5.41 Å². The van der Waals surface area contributed by atoms with Gasteiger partial charge in [0.25, 0.3) is 0 Å². The predicted molar refractivity (Wildman–Crippen MR) is 216 cm³/mol. The maximum absolute atomic E-state index is 5.27. The molecule has 1 heterocycles. The molecule has 0 saturated carbocycles. The van der Waals surface area contributed by atoms with E-state index in [4.69, 9.17) is 9.97 Å². The van der Waals surface area contributed by atoms with E-state index in [0.29, 0.717) is 5.82 Å². The Hall–Kier alpha value is -6.64. The van der Waals surface area contributed by atoms with Crippen LogP contribution >= 0.6 is 0 Å². The highest BCUT2D eigenvalue weighted by Gasteiger charge is 2.40. The molecule has 0 amide bonds. The number of hydrogen-bond donors (Lipinski definition) is 0. The minimum atomic E-state index is -0.260. The molecular formula is C50H34N2. The molecule has 9 aromatic rings. The normalized spacial score (nSPS) is 14.7. The van der Waals surface area contributed by atoms with Crippen LogP contribution in [0, 0.1) is 0 Å². The van der Waals surface area contributed by atoms with Crippen molar-refractivity contribution in [3.05, 3.63) is 205 Å². The number of nitrogens with zero attached hydrogens (tertiary/aromatic N) is 2. The summed E-state index contributed by atoms with van der Waals surface area (Å²) in [4.78, 5) is 10.5. The Kier molecular flexibility index (Phi) is 6.97. The lowest BCUT2D eigenvalue weighted by atomic mass is 9.74. The van der Waals surface area contributed by atoms with E-state index in [2.05, 4.69) is 189 Å². The number of aromatic nitrogens is 2. The lowest BCUT2D eigenvalue weighted by Crippen LogP contribution is -2.22. The Morgan fingerprint density at radius 1 is 0.365 bits per heavy atom. The summed E-state index contributed by atoms with van der Waals surface area (Å²) in [6, 6.07) is 67.6. The lowest BCUT2D eigenvalue weighted by Gasteiger charge is -2.28. The predicted octanol–water partition coefficient (Wildman–Crippen LogP) is 12.8. The summed E-state index contributed by atoms with van der Waals surface area (Å²) >= 11 is 0. The average molecular weight is 663 g/mol. The summed E-state index contributed by atoms with van der Waals surface area (Å²) in [5.74, 6) is 0.716. The molecule has 1 aliphatic carbocycles. The van der Waals surface area contributed by atoms with Crippen molar-refractivity contribution in [2.24, 2.45) is 0 Å². The van der Waals surface area contributed by atoms with Crippen LogP contribution in [0.1, 0.15) is 23.6 Å². The smallest absolute Gasteiger partial charge is 0.161 e. The molecule has 0 fully saturated rings. The molecule has 1 unspecified atom stereocenters. The number of hydrogen-bond acceptors (Lipinski definition) is 2. The summed E-state index contributed by atoms with van der Waals surface area (Å²) in [6.45, 7) is 2.38. The Morgan fingerprint density at radius 2 is 0.942 bits per heavy atom. The van der Waals surface area contributed by atoms with Crippen molar-refractivity contribution < 1.29 is 0 Å². The van der Waals surface area contributed by atoms with Gasteiger partial charge in [0.15, 0.2) is 5.82 Å². The Balaban J connectivity index is 1.15. The van der Waals surface area contributed by atoms with Crippen molar-refractivity contribution in [2.45, 2.75) is 12.3 Å². The molecule has 10 rings (SSSR count). The van der Waals surface area contributed by atoms with Crippen LogP contribution < -0.4 is 0 Å². The highest BCUT2D eigenvalue weighted by molar-refractivity contribution is 6.05. The van der Waals surface area contributed by atoms with E-state index >= 15 is 0 Å². The zero-order valence-corrected chi connectivity index (χ0v) is 28.8. The fraction of sp³-hybridized carbons (Fsp3) is 0.0400. The molecule has 2 heteroatoms. The summed E-state index contributed by atoms with van der Waals surface area (Å²) in [5.41, 5.74) is 13.7. The minimum absolute atomic E-state index is 0.260. The van der Waals surface area contributed by atoms with Gasteiger partial charge in [-0.25, -0.2) is 9.97 Å². The summed E-state index contributed by atoms with van der Waals surface area (Å²) < 4.78 is 0. The van der Waals surface area contributed by atoms with Crippen LogP contribution in [0.3, 0.4) is 0 Å². The van der Waals surface area contributed by atoms with E-state index in [-0.39, 0.29) is 5.41 Å². The molecule has 0 bridgehead atoms. The fourth-order valence-corrected chi connectivity index (χ4v) is 8.31. The van der Waals surface area contributed by atoms with E-state index in [1.54, 1.807) is 0 Å². The number of benzene rings is 8. The number of fused-ring (bicyclic) bond motifs is 5. The van der Waals surface area contributed by atoms with E-state index in [0.717, 1.165) is 33.5 Å². The van der Waals surface area contributed by atoms with Crippen molar-refractivity contribution in [1.82, 2.24) is 9.97 Å². The van der Waals surface area contributed by atoms with Crippen LogP contribution in [0.4, 0.5) is 0 Å². The first-order chi connectivity index (χ1) is 25.6. The molecule has 2 nitrogen and oxygen atoms in total. The van der Waals surface area contributed by atoms with E-state index in [1.165, 1.54) is 55.1 Å². The third-order valence-electron chi connectivity index (χ3n) is 11.0. The Morgan fingerprint density at radius 3 is 1.75 bits per heavy atom. The van der Waals surface area contributed by atoms with Crippen LogP contribution in [0.2, 0.25) is 0 Å². The molecule has 244 valence electrons. The lowest BCUT2D eigenvalue weighted by molar-refractivity contribution is 0.714. The SMILES string of the molecule is CC1(c2ccccc2)c2ccccc2-c2ccc(-c3ccc(-c4nc(-c5ccccc5)cc(-c5ccc6ccccc6c5)n4)c4ccccc34)cc21. The summed E-state index contributed by atoms with van der Waals surface area (Å²) in [5, 5.41) is 4.71. The first kappa shape index (κ1) is 30.2. The second kappa shape index (κ2) is 12.0. The van der Waals surface area contributed by atoms with E-state index in [1.807, 2.05) is 6.07 Å². The topological polar surface area (TPSA) is 25.8 Å². The van der Waals surface area contributed by atoms with Crippen LogP contribution in [0.25, 0.3) is 77.7 Å². The molecule has 0 spiro atoms. The van der Waals surface area contributed by atoms with Gasteiger partial charge in [0.1, 0.15) is 0 Å². The molecule has 0 aliphatic heterocycles. The largest absolute Gasteiger partial charge is 0.228 e.